The summed E-state index contributed by atoms with van der Waals surface area (Å²) in [5.41, 5.74) is 0.549. The number of aromatic nitrogens is 2. The fraction of sp³-hybridized carbons (Fsp3) is 0.333. The molecule has 2 aromatic rings. The third-order valence-corrected chi connectivity index (χ3v) is 2.91. The van der Waals surface area contributed by atoms with Crippen LogP contribution < -0.4 is 10.3 Å². The van der Waals surface area contributed by atoms with Gasteiger partial charge in [-0.15, -0.1) is 0 Å². The zero-order chi connectivity index (χ0) is 14.7. The van der Waals surface area contributed by atoms with Gasteiger partial charge in [0.2, 0.25) is 5.75 Å². The van der Waals surface area contributed by atoms with Crippen LogP contribution in [-0.2, 0) is 0 Å². The van der Waals surface area contributed by atoms with Crippen LogP contribution in [-0.4, -0.2) is 21.7 Å². The Hall–Kier alpha value is -2.30. The molecular formula is C15H18N2O3. The van der Waals surface area contributed by atoms with Crippen molar-refractivity contribution in [3.8, 4) is 22.9 Å². The molecule has 1 aromatic heterocycles. The zero-order valence-electron chi connectivity index (χ0n) is 11.8. The van der Waals surface area contributed by atoms with Gasteiger partial charge in [-0.3, -0.25) is 4.79 Å². The van der Waals surface area contributed by atoms with Gasteiger partial charge in [-0.05, 0) is 25.0 Å². The maximum atomic E-state index is 11.8. The van der Waals surface area contributed by atoms with Crippen LogP contribution >= 0.6 is 0 Å². The minimum absolute atomic E-state index is 0.0460. The van der Waals surface area contributed by atoms with Crippen molar-refractivity contribution in [3.63, 3.8) is 0 Å². The van der Waals surface area contributed by atoms with Crippen LogP contribution in [0.15, 0.2) is 29.1 Å². The van der Waals surface area contributed by atoms with Crippen LogP contribution in [0.4, 0.5) is 0 Å². The first-order valence-corrected chi connectivity index (χ1v) is 6.60. The minimum atomic E-state index is -0.537. The van der Waals surface area contributed by atoms with Crippen molar-refractivity contribution in [2.24, 2.45) is 0 Å². The normalized spacial score (nSPS) is 10.8. The lowest BCUT2D eigenvalue weighted by molar-refractivity contribution is 0.341. The van der Waals surface area contributed by atoms with Crippen molar-refractivity contribution in [3.05, 3.63) is 40.3 Å². The number of aromatic hydroxyl groups is 1. The number of nitrogens with one attached hydrogen (secondary N) is 1. The quantitative estimate of drug-likeness (QED) is 0.898. The lowest BCUT2D eigenvalue weighted by Crippen LogP contribution is -2.13. The van der Waals surface area contributed by atoms with E-state index in [-0.39, 0.29) is 11.7 Å². The van der Waals surface area contributed by atoms with E-state index in [1.807, 2.05) is 45.0 Å². The van der Waals surface area contributed by atoms with Gasteiger partial charge in [-0.1, -0.05) is 26.0 Å². The number of hydrogen-bond acceptors (Lipinski definition) is 4. The molecule has 0 saturated heterocycles. The molecule has 0 spiro atoms. The molecule has 0 aliphatic carbocycles. The van der Waals surface area contributed by atoms with Crippen molar-refractivity contribution in [2.75, 3.05) is 6.61 Å². The zero-order valence-corrected chi connectivity index (χ0v) is 11.8. The van der Waals surface area contributed by atoms with Gasteiger partial charge in [0.05, 0.1) is 17.9 Å². The maximum absolute atomic E-state index is 11.8. The van der Waals surface area contributed by atoms with Gasteiger partial charge >= 0.3 is 0 Å². The van der Waals surface area contributed by atoms with Crippen LogP contribution in [0, 0.1) is 0 Å². The topological polar surface area (TPSA) is 75.2 Å². The third kappa shape index (κ3) is 2.66. The molecule has 106 valence electrons. The Morgan fingerprint density at radius 1 is 1.35 bits per heavy atom. The Bertz CT molecular complexity index is 662. The number of nitrogens with zero attached hydrogens (tertiary/aromatic N) is 1. The number of ether oxygens (including phenoxy) is 1. The summed E-state index contributed by atoms with van der Waals surface area (Å²) in [6.07, 6.45) is 0. The van der Waals surface area contributed by atoms with E-state index in [0.717, 1.165) is 0 Å². The molecule has 0 unspecified atom stereocenters. The van der Waals surface area contributed by atoms with Crippen molar-refractivity contribution in [2.45, 2.75) is 26.7 Å². The molecule has 0 bridgehead atoms. The van der Waals surface area contributed by atoms with E-state index in [1.54, 1.807) is 0 Å². The summed E-state index contributed by atoms with van der Waals surface area (Å²) < 4.78 is 5.54. The fourth-order valence-corrected chi connectivity index (χ4v) is 1.96. The second kappa shape index (κ2) is 5.77. The number of benzene rings is 1. The Labute approximate surface area is 117 Å². The minimum Gasteiger partial charge on any atom is -0.502 e. The Morgan fingerprint density at radius 2 is 2.05 bits per heavy atom. The second-order valence-electron chi connectivity index (χ2n) is 4.73. The number of H-pyrrole nitrogens is 1. The molecule has 1 aromatic carbocycles. The molecule has 2 rings (SSSR count). The highest BCUT2D eigenvalue weighted by atomic mass is 16.5. The third-order valence-electron chi connectivity index (χ3n) is 2.91. The van der Waals surface area contributed by atoms with Gasteiger partial charge in [-0.25, -0.2) is 4.98 Å². The average Bonchev–Trinajstić information content (AvgIpc) is 2.42. The molecular weight excluding hydrogens is 256 g/mol. The summed E-state index contributed by atoms with van der Waals surface area (Å²) in [5.74, 6) is 0.687. The Kier molecular flexibility index (Phi) is 4.08. The van der Waals surface area contributed by atoms with E-state index < -0.39 is 5.56 Å². The van der Waals surface area contributed by atoms with Gasteiger partial charge in [0, 0.05) is 0 Å². The standard InChI is InChI=1S/C15H18N2O3/c1-4-20-11-8-6-5-7-10(11)14-16-12(9(2)3)13(18)15(19)17-14/h5-9,18H,4H2,1-3H3,(H,16,17,19). The van der Waals surface area contributed by atoms with Crippen molar-refractivity contribution >= 4 is 0 Å². The summed E-state index contributed by atoms with van der Waals surface area (Å²) in [6, 6.07) is 7.35. The highest BCUT2D eigenvalue weighted by Gasteiger charge is 2.16. The molecule has 0 aliphatic rings. The Morgan fingerprint density at radius 3 is 2.70 bits per heavy atom. The van der Waals surface area contributed by atoms with Crippen LogP contribution in [0.2, 0.25) is 0 Å². The number of hydrogen-bond donors (Lipinski definition) is 2. The van der Waals surface area contributed by atoms with Gasteiger partial charge in [0.15, 0.2) is 0 Å². The molecule has 0 radical (unpaired) electrons. The van der Waals surface area contributed by atoms with Crippen molar-refractivity contribution in [1.29, 1.82) is 0 Å². The van der Waals surface area contributed by atoms with Gasteiger partial charge in [-0.2, -0.15) is 0 Å². The molecule has 0 atom stereocenters. The summed E-state index contributed by atoms with van der Waals surface area (Å²) >= 11 is 0. The molecule has 5 heteroatoms. The van der Waals surface area contributed by atoms with E-state index in [2.05, 4.69) is 9.97 Å². The van der Waals surface area contributed by atoms with Gasteiger partial charge in [0.1, 0.15) is 11.6 Å². The SMILES string of the molecule is CCOc1ccccc1-c1nc(C(C)C)c(O)c(=O)[nH]1. The second-order valence-corrected chi connectivity index (χ2v) is 4.73. The monoisotopic (exact) mass is 274 g/mol. The molecule has 0 fully saturated rings. The lowest BCUT2D eigenvalue weighted by atomic mass is 10.1. The summed E-state index contributed by atoms with van der Waals surface area (Å²) in [5, 5.41) is 9.77. The van der Waals surface area contributed by atoms with Crippen LogP contribution in [0.1, 0.15) is 32.4 Å². The predicted octanol–water partition coefficient (Wildman–Crippen LogP) is 2.66. The molecule has 2 N–H and O–H groups in total. The first kappa shape index (κ1) is 14.1. The number of rotatable bonds is 4. The summed E-state index contributed by atoms with van der Waals surface area (Å²) in [7, 11) is 0. The largest absolute Gasteiger partial charge is 0.502 e. The maximum Gasteiger partial charge on any atom is 0.293 e. The number of para-hydroxylation sites is 1. The summed E-state index contributed by atoms with van der Waals surface area (Å²) in [6.45, 7) is 6.17. The van der Waals surface area contributed by atoms with Gasteiger partial charge in [0.25, 0.3) is 5.56 Å². The van der Waals surface area contributed by atoms with E-state index in [0.29, 0.717) is 29.4 Å². The molecule has 0 saturated carbocycles. The van der Waals surface area contributed by atoms with Crippen LogP contribution in [0.25, 0.3) is 11.4 Å². The lowest BCUT2D eigenvalue weighted by Gasteiger charge is -2.12. The number of aromatic amines is 1. The Balaban J connectivity index is 2.62. The molecule has 20 heavy (non-hydrogen) atoms. The fourth-order valence-electron chi connectivity index (χ4n) is 1.96. The van der Waals surface area contributed by atoms with E-state index in [4.69, 9.17) is 4.74 Å². The predicted molar refractivity (Wildman–Crippen MR) is 77.2 cm³/mol. The van der Waals surface area contributed by atoms with Crippen LogP contribution in [0.5, 0.6) is 11.5 Å². The highest BCUT2D eigenvalue weighted by Crippen LogP contribution is 2.29. The summed E-state index contributed by atoms with van der Waals surface area (Å²) in [4.78, 5) is 18.8. The molecule has 0 aliphatic heterocycles. The van der Waals surface area contributed by atoms with Crippen molar-refractivity contribution < 1.29 is 9.84 Å². The molecule has 1 heterocycles. The average molecular weight is 274 g/mol. The first-order valence-electron chi connectivity index (χ1n) is 6.60. The van der Waals surface area contributed by atoms with E-state index in [1.165, 1.54) is 0 Å². The van der Waals surface area contributed by atoms with E-state index in [9.17, 15) is 9.90 Å². The van der Waals surface area contributed by atoms with Crippen LogP contribution in [0.3, 0.4) is 0 Å². The first-order chi connectivity index (χ1) is 9.54. The molecule has 5 nitrogen and oxygen atoms in total. The highest BCUT2D eigenvalue weighted by molar-refractivity contribution is 5.64. The van der Waals surface area contributed by atoms with Gasteiger partial charge < -0.3 is 14.8 Å². The van der Waals surface area contributed by atoms with Crippen molar-refractivity contribution in [1.82, 2.24) is 9.97 Å². The molecule has 0 amide bonds. The smallest absolute Gasteiger partial charge is 0.293 e. The van der Waals surface area contributed by atoms with E-state index >= 15 is 0 Å².